The quantitative estimate of drug-likeness (QED) is 0.197. The molecule has 0 bridgehead atoms. The Morgan fingerprint density at radius 3 is 1.17 bits per heavy atom. The average Bonchev–Trinajstić information content (AvgIpc) is 3.55. The Morgan fingerprint density at radius 1 is 0.405 bits per heavy atom. The second kappa shape index (κ2) is 12.3. The first-order valence-electron chi connectivity index (χ1n) is 14.2. The predicted molar refractivity (Wildman–Crippen MR) is 181 cm³/mol. The van der Waals surface area contributed by atoms with Crippen LogP contribution in [0.2, 0.25) is 0 Å². The van der Waals surface area contributed by atoms with E-state index in [9.17, 15) is 0 Å². The monoisotopic (exact) mass is 562 g/mol. The third-order valence-corrected chi connectivity index (χ3v) is 7.77. The number of nitrogens with zero attached hydrogens (tertiary/aromatic N) is 2. The van der Waals surface area contributed by atoms with Gasteiger partial charge in [-0.15, -0.1) is 12.4 Å². The molecule has 0 spiro atoms. The normalized spacial score (nSPS) is 12.5. The van der Waals surface area contributed by atoms with Crippen molar-refractivity contribution in [2.45, 2.75) is 0 Å². The highest BCUT2D eigenvalue weighted by Gasteiger charge is 2.29. The number of benzene rings is 6. The number of hydrogen-bond acceptors (Lipinski definition) is 2. The summed E-state index contributed by atoms with van der Waals surface area (Å²) >= 11 is 0. The van der Waals surface area contributed by atoms with Gasteiger partial charge in [0, 0.05) is 23.2 Å². The second-order valence-electron chi connectivity index (χ2n) is 10.3. The summed E-state index contributed by atoms with van der Waals surface area (Å²) in [6.45, 7) is 1.56. The molecule has 6 aromatic rings. The molecule has 0 unspecified atom stereocenters. The van der Waals surface area contributed by atoms with Crippen LogP contribution in [0.3, 0.4) is 0 Å². The Labute approximate surface area is 254 Å². The zero-order chi connectivity index (χ0) is 27.4. The maximum atomic E-state index is 5.25. The van der Waals surface area contributed by atoms with Crippen LogP contribution in [0.5, 0.6) is 0 Å². The van der Waals surface area contributed by atoms with E-state index in [-0.39, 0.29) is 12.4 Å². The van der Waals surface area contributed by atoms with Gasteiger partial charge in [0.25, 0.3) is 0 Å². The maximum absolute atomic E-state index is 5.25. The van der Waals surface area contributed by atoms with Gasteiger partial charge in [0.1, 0.15) is 5.84 Å². The number of para-hydroxylation sites is 1. The lowest BCUT2D eigenvalue weighted by molar-refractivity contribution is 1.02. The lowest BCUT2D eigenvalue weighted by Gasteiger charge is -2.29. The molecule has 0 aromatic heterocycles. The van der Waals surface area contributed by atoms with Gasteiger partial charge < -0.3 is 4.90 Å². The van der Waals surface area contributed by atoms with Crippen molar-refractivity contribution < 1.29 is 0 Å². The first-order chi connectivity index (χ1) is 20.4. The van der Waals surface area contributed by atoms with Gasteiger partial charge in [0.2, 0.25) is 0 Å². The van der Waals surface area contributed by atoms with Gasteiger partial charge in [-0.1, -0.05) is 158 Å². The van der Waals surface area contributed by atoms with E-state index in [0.717, 1.165) is 18.9 Å². The number of halogens is 1. The maximum Gasteiger partial charge on any atom is 0.136 e. The second-order valence-corrected chi connectivity index (χ2v) is 10.3. The molecule has 1 heterocycles. The highest BCUT2D eigenvalue weighted by molar-refractivity contribution is 6.20. The van der Waals surface area contributed by atoms with E-state index in [0.29, 0.717) is 0 Å². The van der Waals surface area contributed by atoms with E-state index in [2.05, 4.69) is 163 Å². The zero-order valence-corrected chi connectivity index (χ0v) is 24.0. The topological polar surface area (TPSA) is 15.6 Å². The molecule has 2 nitrogen and oxygen atoms in total. The van der Waals surface area contributed by atoms with Gasteiger partial charge in [-0.25, -0.2) is 0 Å². The van der Waals surface area contributed by atoms with Crippen LogP contribution in [0, 0.1) is 0 Å². The van der Waals surface area contributed by atoms with Crippen molar-refractivity contribution >= 4 is 23.9 Å². The van der Waals surface area contributed by atoms with Crippen LogP contribution in [0.25, 0.3) is 44.5 Å². The van der Waals surface area contributed by atoms with Crippen molar-refractivity contribution in [2.75, 3.05) is 18.0 Å². The molecule has 3 heteroatoms. The Morgan fingerprint density at radius 2 is 0.762 bits per heavy atom. The van der Waals surface area contributed by atoms with Gasteiger partial charge in [-0.2, -0.15) is 0 Å². The number of aliphatic imine (C=N–C) groups is 1. The lowest BCUT2D eigenvalue weighted by atomic mass is 9.89. The molecule has 0 fully saturated rings. The smallest absolute Gasteiger partial charge is 0.136 e. The van der Waals surface area contributed by atoms with Crippen molar-refractivity contribution in [1.29, 1.82) is 0 Å². The van der Waals surface area contributed by atoms with Gasteiger partial charge >= 0.3 is 0 Å². The Bertz CT molecular complexity index is 1700. The van der Waals surface area contributed by atoms with Crippen molar-refractivity contribution in [1.82, 2.24) is 0 Å². The molecule has 0 amide bonds. The predicted octanol–water partition coefficient (Wildman–Crippen LogP) is 10.0. The van der Waals surface area contributed by atoms with Gasteiger partial charge in [0.05, 0.1) is 12.2 Å². The number of anilines is 1. The Kier molecular flexibility index (Phi) is 7.98. The minimum atomic E-state index is 0. The lowest BCUT2D eigenvalue weighted by Crippen LogP contribution is -2.30. The van der Waals surface area contributed by atoms with E-state index < -0.39 is 0 Å². The summed E-state index contributed by atoms with van der Waals surface area (Å²) in [7, 11) is 0. The molecule has 1 aliphatic heterocycles. The van der Waals surface area contributed by atoms with Gasteiger partial charge in [-0.3, -0.25) is 4.99 Å². The highest BCUT2D eigenvalue weighted by atomic mass is 35.5. The van der Waals surface area contributed by atoms with Crippen molar-refractivity contribution in [3.63, 3.8) is 0 Å². The number of rotatable bonds is 6. The van der Waals surface area contributed by atoms with E-state index >= 15 is 0 Å². The molecule has 0 atom stereocenters. The van der Waals surface area contributed by atoms with Crippen molar-refractivity contribution in [2.24, 2.45) is 4.99 Å². The average molecular weight is 563 g/mol. The summed E-state index contributed by atoms with van der Waals surface area (Å²) in [6, 6.07) is 56.1. The number of hydrogen-bond donors (Lipinski definition) is 0. The Balaban J connectivity index is 0.00000316. The molecule has 0 saturated carbocycles. The SMILES string of the molecule is Cl.c1ccc(-c2cccc(-c3ccccc3)c2C2=NCCN2c2c(-c3ccccc3)cccc2-c2ccccc2)cc1. The molecular formula is C39H31ClN2. The van der Waals surface area contributed by atoms with Crippen LogP contribution in [0.15, 0.2) is 163 Å². The van der Waals surface area contributed by atoms with Crippen LogP contribution in [-0.4, -0.2) is 18.9 Å². The molecule has 42 heavy (non-hydrogen) atoms. The summed E-state index contributed by atoms with van der Waals surface area (Å²) in [5.74, 6) is 1.02. The fourth-order valence-corrected chi connectivity index (χ4v) is 5.92. The molecule has 7 rings (SSSR count). The largest absolute Gasteiger partial charge is 0.323 e. The molecule has 1 aliphatic rings. The first kappa shape index (κ1) is 27.3. The van der Waals surface area contributed by atoms with Crippen LogP contribution in [-0.2, 0) is 0 Å². The highest BCUT2D eigenvalue weighted by Crippen LogP contribution is 2.43. The van der Waals surface area contributed by atoms with Crippen LogP contribution in [0.4, 0.5) is 5.69 Å². The third-order valence-electron chi connectivity index (χ3n) is 7.77. The van der Waals surface area contributed by atoms with Crippen molar-refractivity contribution in [3.05, 3.63) is 163 Å². The van der Waals surface area contributed by atoms with Crippen LogP contribution in [0.1, 0.15) is 5.56 Å². The van der Waals surface area contributed by atoms with Gasteiger partial charge in [0.15, 0.2) is 0 Å². The molecule has 204 valence electrons. The molecular weight excluding hydrogens is 532 g/mol. The van der Waals surface area contributed by atoms with Crippen molar-refractivity contribution in [3.8, 4) is 44.5 Å². The fourth-order valence-electron chi connectivity index (χ4n) is 5.92. The molecule has 6 aromatic carbocycles. The minimum absolute atomic E-state index is 0. The summed E-state index contributed by atoms with van der Waals surface area (Å²) < 4.78 is 0. The van der Waals surface area contributed by atoms with E-state index in [1.54, 1.807) is 0 Å². The van der Waals surface area contributed by atoms with Gasteiger partial charge in [-0.05, 0) is 33.4 Å². The summed E-state index contributed by atoms with van der Waals surface area (Å²) in [5, 5.41) is 0. The summed E-state index contributed by atoms with van der Waals surface area (Å²) in [5.41, 5.74) is 11.9. The number of amidine groups is 1. The Hall–Kier alpha value is -4.92. The first-order valence-corrected chi connectivity index (χ1v) is 14.2. The minimum Gasteiger partial charge on any atom is -0.323 e. The molecule has 0 aliphatic carbocycles. The molecule has 0 N–H and O–H groups in total. The fraction of sp³-hybridized carbons (Fsp3) is 0.0513. The van der Waals surface area contributed by atoms with E-state index in [1.165, 1.54) is 55.8 Å². The summed E-state index contributed by atoms with van der Waals surface area (Å²) in [4.78, 5) is 7.71. The third kappa shape index (κ3) is 5.13. The van der Waals surface area contributed by atoms with Crippen LogP contribution < -0.4 is 4.90 Å². The zero-order valence-electron chi connectivity index (χ0n) is 23.2. The van der Waals surface area contributed by atoms with E-state index in [1.807, 2.05) is 0 Å². The summed E-state index contributed by atoms with van der Waals surface area (Å²) in [6.07, 6.45) is 0. The van der Waals surface area contributed by atoms with Crippen LogP contribution >= 0.6 is 12.4 Å². The molecule has 0 radical (unpaired) electrons. The van der Waals surface area contributed by atoms with E-state index in [4.69, 9.17) is 4.99 Å². The standard InChI is InChI=1S/C39H30N2.ClH/c1-5-15-29(16-6-1)33-23-13-24-34(30-17-7-2-8-18-30)37(33)39-40-27-28-41(39)38-35(31-19-9-3-10-20-31)25-14-26-36(38)32-21-11-4-12-22-32;/h1-26H,27-28H2;1H. The molecule has 0 saturated heterocycles.